The summed E-state index contributed by atoms with van der Waals surface area (Å²) in [7, 11) is -4.00. The van der Waals surface area contributed by atoms with Crippen LogP contribution in [0.25, 0.3) is 0 Å². The summed E-state index contributed by atoms with van der Waals surface area (Å²) in [6.07, 6.45) is 0. The molecule has 1 N–H and O–H groups in total. The average molecular weight is 480 g/mol. The topological polar surface area (TPSA) is 86.8 Å². The third-order valence-electron chi connectivity index (χ3n) is 5.42. The van der Waals surface area contributed by atoms with Gasteiger partial charge in [-0.05, 0) is 57.2 Å². The van der Waals surface area contributed by atoms with Crippen molar-refractivity contribution in [2.45, 2.75) is 25.7 Å². The number of rotatable bonds is 9. The zero-order chi connectivity index (χ0) is 24.7. The minimum atomic E-state index is -4.00. The summed E-state index contributed by atoms with van der Waals surface area (Å²) in [6.45, 7) is 6.29. The predicted molar refractivity (Wildman–Crippen MR) is 134 cm³/mol. The lowest BCUT2D eigenvalue weighted by Crippen LogP contribution is -2.38. The number of nitrogens with zero attached hydrogens (tertiary/aromatic N) is 2. The van der Waals surface area contributed by atoms with Crippen LogP contribution >= 0.6 is 0 Å². The van der Waals surface area contributed by atoms with Crippen LogP contribution in [0.2, 0.25) is 0 Å². The monoisotopic (exact) mass is 479 g/mol. The quantitative estimate of drug-likeness (QED) is 0.495. The Labute approximate surface area is 201 Å². The molecule has 0 aliphatic carbocycles. The number of anilines is 2. The van der Waals surface area contributed by atoms with Crippen molar-refractivity contribution in [2.75, 3.05) is 29.3 Å². The molecule has 0 saturated heterocycles. The van der Waals surface area contributed by atoms with Crippen molar-refractivity contribution < 1.29 is 18.0 Å². The summed E-state index contributed by atoms with van der Waals surface area (Å²) in [6, 6.07) is 21.6. The zero-order valence-electron chi connectivity index (χ0n) is 19.6. The van der Waals surface area contributed by atoms with E-state index in [1.165, 1.54) is 12.1 Å². The number of carbonyl (C=O) groups excluding carboxylic acids is 2. The summed E-state index contributed by atoms with van der Waals surface area (Å²) in [5.41, 5.74) is 2.03. The minimum Gasteiger partial charge on any atom is -0.339 e. The molecule has 0 fully saturated rings. The number of hydrogen-bond acceptors (Lipinski definition) is 4. The van der Waals surface area contributed by atoms with Gasteiger partial charge in [-0.2, -0.15) is 0 Å². The van der Waals surface area contributed by atoms with Crippen molar-refractivity contribution in [3.8, 4) is 0 Å². The first-order valence-electron chi connectivity index (χ1n) is 11.1. The molecular formula is C26H29N3O4S. The van der Waals surface area contributed by atoms with Crippen LogP contribution in [0.15, 0.2) is 83.8 Å². The fourth-order valence-corrected chi connectivity index (χ4v) is 4.97. The van der Waals surface area contributed by atoms with E-state index in [1.807, 2.05) is 20.8 Å². The van der Waals surface area contributed by atoms with Crippen LogP contribution in [0.3, 0.4) is 0 Å². The SMILES string of the molecule is CCN(CC)C(=O)c1ccccc1NC(=O)CN(c1ccc(C)cc1)S(=O)(=O)c1ccccc1. The van der Waals surface area contributed by atoms with Crippen LogP contribution in [0.1, 0.15) is 29.8 Å². The van der Waals surface area contributed by atoms with E-state index in [4.69, 9.17) is 0 Å². The Morgan fingerprint density at radius 2 is 1.41 bits per heavy atom. The van der Waals surface area contributed by atoms with Gasteiger partial charge in [0.25, 0.3) is 15.9 Å². The van der Waals surface area contributed by atoms with Crippen LogP contribution in [0, 0.1) is 6.92 Å². The van der Waals surface area contributed by atoms with Crippen LogP contribution in [0.4, 0.5) is 11.4 Å². The highest BCUT2D eigenvalue weighted by Gasteiger charge is 2.27. The average Bonchev–Trinajstić information content (AvgIpc) is 2.84. The van der Waals surface area contributed by atoms with Gasteiger partial charge in [0.1, 0.15) is 6.54 Å². The van der Waals surface area contributed by atoms with Crippen molar-refractivity contribution in [1.29, 1.82) is 0 Å². The Balaban J connectivity index is 1.92. The van der Waals surface area contributed by atoms with Crippen LogP contribution in [-0.4, -0.2) is 44.8 Å². The number of nitrogens with one attached hydrogen (secondary N) is 1. The molecule has 3 rings (SSSR count). The maximum absolute atomic E-state index is 13.4. The van der Waals surface area contributed by atoms with Gasteiger partial charge >= 0.3 is 0 Å². The van der Waals surface area contributed by atoms with E-state index < -0.39 is 22.5 Å². The van der Waals surface area contributed by atoms with Gasteiger partial charge in [0, 0.05) is 13.1 Å². The number of hydrogen-bond donors (Lipinski definition) is 1. The summed E-state index contributed by atoms with van der Waals surface area (Å²) in [4.78, 5) is 27.7. The molecule has 178 valence electrons. The van der Waals surface area contributed by atoms with Crippen LogP contribution in [0.5, 0.6) is 0 Å². The van der Waals surface area contributed by atoms with Crippen LogP contribution < -0.4 is 9.62 Å². The van der Waals surface area contributed by atoms with E-state index in [2.05, 4.69) is 5.32 Å². The standard InChI is InChI=1S/C26H29N3O4S/c1-4-28(5-2)26(31)23-13-9-10-14-24(23)27-25(30)19-29(21-17-15-20(3)16-18-21)34(32,33)22-11-7-6-8-12-22/h6-18H,4-5,19H2,1-3H3,(H,27,30). The van der Waals surface area contributed by atoms with Crippen LogP contribution in [-0.2, 0) is 14.8 Å². The van der Waals surface area contributed by atoms with Crippen molar-refractivity contribution in [3.63, 3.8) is 0 Å². The van der Waals surface area contributed by atoms with E-state index in [0.717, 1.165) is 9.87 Å². The van der Waals surface area contributed by atoms with Gasteiger partial charge in [0.05, 0.1) is 21.8 Å². The van der Waals surface area contributed by atoms with Gasteiger partial charge in [-0.25, -0.2) is 8.42 Å². The maximum Gasteiger partial charge on any atom is 0.264 e. The maximum atomic E-state index is 13.4. The Bertz CT molecular complexity index is 1240. The van der Waals surface area contributed by atoms with Gasteiger partial charge in [-0.15, -0.1) is 0 Å². The Kier molecular flexibility index (Phi) is 8.07. The zero-order valence-corrected chi connectivity index (χ0v) is 20.4. The van der Waals surface area contributed by atoms with E-state index in [1.54, 1.807) is 71.6 Å². The highest BCUT2D eigenvalue weighted by molar-refractivity contribution is 7.92. The molecule has 0 aliphatic rings. The van der Waals surface area contributed by atoms with Gasteiger partial charge in [-0.3, -0.25) is 13.9 Å². The number of para-hydroxylation sites is 1. The van der Waals surface area contributed by atoms with E-state index in [0.29, 0.717) is 30.0 Å². The summed E-state index contributed by atoms with van der Waals surface area (Å²) >= 11 is 0. The molecule has 0 radical (unpaired) electrons. The second kappa shape index (κ2) is 11.0. The van der Waals surface area contributed by atoms with Crippen molar-refractivity contribution in [3.05, 3.63) is 90.0 Å². The predicted octanol–water partition coefficient (Wildman–Crippen LogP) is 4.31. The first-order chi connectivity index (χ1) is 16.3. The van der Waals surface area contributed by atoms with Crippen molar-refractivity contribution in [2.24, 2.45) is 0 Å². The van der Waals surface area contributed by atoms with Crippen molar-refractivity contribution >= 4 is 33.2 Å². The molecule has 0 unspecified atom stereocenters. The molecule has 0 aliphatic heterocycles. The second-order valence-corrected chi connectivity index (χ2v) is 9.59. The smallest absolute Gasteiger partial charge is 0.264 e. The lowest BCUT2D eigenvalue weighted by atomic mass is 10.1. The normalized spacial score (nSPS) is 11.0. The van der Waals surface area contributed by atoms with Gasteiger partial charge in [0.2, 0.25) is 5.91 Å². The Morgan fingerprint density at radius 1 is 0.824 bits per heavy atom. The molecule has 0 aromatic heterocycles. The van der Waals surface area contributed by atoms with Crippen molar-refractivity contribution in [1.82, 2.24) is 4.90 Å². The molecule has 3 aromatic rings. The number of amides is 2. The fourth-order valence-electron chi connectivity index (χ4n) is 3.53. The first-order valence-corrected chi connectivity index (χ1v) is 12.5. The molecule has 0 saturated carbocycles. The molecule has 0 heterocycles. The fraction of sp³-hybridized carbons (Fsp3) is 0.231. The van der Waals surface area contributed by atoms with E-state index in [-0.39, 0.29) is 10.8 Å². The number of aryl methyl sites for hydroxylation is 1. The highest BCUT2D eigenvalue weighted by atomic mass is 32.2. The lowest BCUT2D eigenvalue weighted by Gasteiger charge is -2.25. The molecule has 7 nitrogen and oxygen atoms in total. The highest BCUT2D eigenvalue weighted by Crippen LogP contribution is 2.25. The third kappa shape index (κ3) is 5.63. The first kappa shape index (κ1) is 25.0. The minimum absolute atomic E-state index is 0.0838. The second-order valence-electron chi connectivity index (χ2n) is 7.73. The summed E-state index contributed by atoms with van der Waals surface area (Å²) in [5, 5.41) is 2.74. The summed E-state index contributed by atoms with van der Waals surface area (Å²) < 4.78 is 27.9. The lowest BCUT2D eigenvalue weighted by molar-refractivity contribution is -0.114. The number of benzene rings is 3. The summed E-state index contributed by atoms with van der Waals surface area (Å²) in [5.74, 6) is -0.756. The molecule has 0 spiro atoms. The molecular weight excluding hydrogens is 450 g/mol. The largest absolute Gasteiger partial charge is 0.339 e. The Morgan fingerprint density at radius 3 is 2.03 bits per heavy atom. The molecule has 34 heavy (non-hydrogen) atoms. The third-order valence-corrected chi connectivity index (χ3v) is 7.21. The molecule has 3 aromatic carbocycles. The molecule has 0 bridgehead atoms. The van der Waals surface area contributed by atoms with Gasteiger partial charge in [0.15, 0.2) is 0 Å². The molecule has 2 amide bonds. The number of carbonyl (C=O) groups is 2. The van der Waals surface area contributed by atoms with Gasteiger partial charge < -0.3 is 10.2 Å². The Hall–Kier alpha value is -3.65. The van der Waals surface area contributed by atoms with Gasteiger partial charge in [-0.1, -0.05) is 48.0 Å². The van der Waals surface area contributed by atoms with E-state index in [9.17, 15) is 18.0 Å². The number of sulfonamides is 1. The molecule has 0 atom stereocenters. The van der Waals surface area contributed by atoms with E-state index >= 15 is 0 Å². The molecule has 8 heteroatoms.